The first-order valence-electron chi connectivity index (χ1n) is 7.90. The molecule has 152 valence electrons. The Hall–Kier alpha value is -2.23. The Labute approximate surface area is 169 Å². The van der Waals surface area contributed by atoms with Gasteiger partial charge in [-0.3, -0.25) is 9.78 Å². The number of carbonyl (C=O) groups is 1. The minimum Gasteiger partial charge on any atom is -0.504 e. The van der Waals surface area contributed by atoms with Gasteiger partial charge >= 0.3 is 6.18 Å². The largest absolute Gasteiger partial charge is 0.504 e. The van der Waals surface area contributed by atoms with E-state index in [1.165, 1.54) is 11.0 Å². The zero-order valence-electron chi connectivity index (χ0n) is 14.3. The molecule has 3 rings (SSSR count). The van der Waals surface area contributed by atoms with Crippen LogP contribution in [0.1, 0.15) is 11.1 Å². The zero-order chi connectivity index (χ0) is 19.8. The maximum atomic E-state index is 12.8. The first-order valence-corrected chi connectivity index (χ1v) is 8.28. The molecule has 6 nitrogen and oxygen atoms in total. The van der Waals surface area contributed by atoms with Crippen LogP contribution >= 0.6 is 24.0 Å². The van der Waals surface area contributed by atoms with Crippen molar-refractivity contribution in [1.82, 2.24) is 9.88 Å². The highest BCUT2D eigenvalue weighted by Gasteiger charge is 2.32. The predicted molar refractivity (Wildman–Crippen MR) is 98.6 cm³/mol. The molecule has 1 amide bonds. The highest BCUT2D eigenvalue weighted by Crippen LogP contribution is 2.40. The standard InChI is InChI=1S/C17H15ClF3N3O3.ClH/c18-12-5-11(17(19,20)21)7-23-15(12)9-3-10-8-24(14(26)6-22)1-2-27-16(10)13(25)4-9;/h3-5,7,25H,1-2,6,8,22H2;1H. The average molecular weight is 438 g/mol. The smallest absolute Gasteiger partial charge is 0.417 e. The Morgan fingerprint density at radius 3 is 2.68 bits per heavy atom. The summed E-state index contributed by atoms with van der Waals surface area (Å²) in [6.45, 7) is 0.419. The molecule has 2 aromatic rings. The zero-order valence-corrected chi connectivity index (χ0v) is 15.9. The van der Waals surface area contributed by atoms with E-state index in [-0.39, 0.29) is 60.2 Å². The molecule has 0 aliphatic carbocycles. The van der Waals surface area contributed by atoms with Crippen molar-refractivity contribution in [2.75, 3.05) is 19.7 Å². The first-order chi connectivity index (χ1) is 12.7. The fourth-order valence-electron chi connectivity index (χ4n) is 2.78. The van der Waals surface area contributed by atoms with Gasteiger partial charge in [0.25, 0.3) is 0 Å². The maximum Gasteiger partial charge on any atom is 0.417 e. The number of fused-ring (bicyclic) bond motifs is 1. The summed E-state index contributed by atoms with van der Waals surface area (Å²) in [7, 11) is 0. The van der Waals surface area contributed by atoms with Crippen LogP contribution < -0.4 is 10.5 Å². The number of aromatic nitrogens is 1. The Morgan fingerprint density at radius 2 is 2.07 bits per heavy atom. The van der Waals surface area contributed by atoms with Crippen LogP contribution in [-0.2, 0) is 17.5 Å². The van der Waals surface area contributed by atoms with Gasteiger partial charge in [0.2, 0.25) is 5.91 Å². The third-order valence-corrected chi connectivity index (χ3v) is 4.37. The van der Waals surface area contributed by atoms with Crippen LogP contribution in [-0.4, -0.2) is 40.6 Å². The molecular formula is C17H16Cl2F3N3O3. The van der Waals surface area contributed by atoms with Gasteiger partial charge in [-0.05, 0) is 18.2 Å². The van der Waals surface area contributed by atoms with Crippen LogP contribution in [0.5, 0.6) is 11.5 Å². The Bertz CT molecular complexity index is 894. The van der Waals surface area contributed by atoms with Gasteiger partial charge < -0.3 is 20.5 Å². The second-order valence-electron chi connectivity index (χ2n) is 5.90. The number of amides is 1. The van der Waals surface area contributed by atoms with Gasteiger partial charge in [-0.25, -0.2) is 0 Å². The van der Waals surface area contributed by atoms with Gasteiger partial charge in [0.1, 0.15) is 6.61 Å². The van der Waals surface area contributed by atoms with E-state index < -0.39 is 11.7 Å². The number of carbonyl (C=O) groups excluding carboxylic acids is 1. The van der Waals surface area contributed by atoms with Crippen LogP contribution in [0.2, 0.25) is 5.02 Å². The lowest BCUT2D eigenvalue weighted by Gasteiger charge is -2.19. The summed E-state index contributed by atoms with van der Waals surface area (Å²) in [5.74, 6) is -0.307. The molecule has 3 N–H and O–H groups in total. The van der Waals surface area contributed by atoms with Crippen molar-refractivity contribution >= 4 is 29.9 Å². The van der Waals surface area contributed by atoms with Gasteiger partial charge in [0.05, 0.1) is 29.4 Å². The van der Waals surface area contributed by atoms with Crippen molar-refractivity contribution in [2.24, 2.45) is 5.73 Å². The Balaban J connectivity index is 0.00000280. The SMILES string of the molecule is Cl.NCC(=O)N1CCOc2c(O)cc(-c3ncc(C(F)(F)F)cc3Cl)cc2C1. The van der Waals surface area contributed by atoms with Crippen molar-refractivity contribution in [2.45, 2.75) is 12.7 Å². The number of hydrogen-bond donors (Lipinski definition) is 2. The number of pyridine rings is 1. The summed E-state index contributed by atoms with van der Waals surface area (Å²) in [6.07, 6.45) is -3.90. The molecule has 0 saturated heterocycles. The highest BCUT2D eigenvalue weighted by molar-refractivity contribution is 6.33. The molecule has 1 aliphatic heterocycles. The van der Waals surface area contributed by atoms with Crippen LogP contribution in [0.4, 0.5) is 13.2 Å². The van der Waals surface area contributed by atoms with E-state index in [1.54, 1.807) is 6.07 Å². The minimum absolute atomic E-state index is 0. The highest BCUT2D eigenvalue weighted by atomic mass is 35.5. The number of alkyl halides is 3. The van der Waals surface area contributed by atoms with E-state index in [9.17, 15) is 23.1 Å². The molecule has 1 aromatic heterocycles. The molecule has 1 aromatic carbocycles. The molecule has 0 spiro atoms. The molecule has 0 radical (unpaired) electrons. The van der Waals surface area contributed by atoms with Gasteiger partial charge in [-0.1, -0.05) is 11.6 Å². The summed E-state index contributed by atoms with van der Waals surface area (Å²) in [5, 5.41) is 10.1. The van der Waals surface area contributed by atoms with Gasteiger partial charge in [-0.2, -0.15) is 13.2 Å². The van der Waals surface area contributed by atoms with Crippen molar-refractivity contribution < 1.29 is 27.8 Å². The fourth-order valence-corrected chi connectivity index (χ4v) is 3.06. The van der Waals surface area contributed by atoms with E-state index in [4.69, 9.17) is 22.1 Å². The topological polar surface area (TPSA) is 88.7 Å². The average Bonchev–Trinajstić information content (AvgIpc) is 2.83. The van der Waals surface area contributed by atoms with Crippen molar-refractivity contribution in [3.05, 3.63) is 40.5 Å². The lowest BCUT2D eigenvalue weighted by atomic mass is 10.0. The number of rotatable bonds is 2. The number of nitrogens with two attached hydrogens (primary N) is 1. The Morgan fingerprint density at radius 1 is 1.36 bits per heavy atom. The molecule has 28 heavy (non-hydrogen) atoms. The minimum atomic E-state index is -4.57. The molecule has 0 bridgehead atoms. The molecule has 0 fully saturated rings. The molecule has 2 heterocycles. The molecule has 1 aliphatic rings. The van der Waals surface area contributed by atoms with Crippen molar-refractivity contribution in [3.8, 4) is 22.8 Å². The number of hydrogen-bond acceptors (Lipinski definition) is 5. The van der Waals surface area contributed by atoms with Gasteiger partial charge in [-0.15, -0.1) is 12.4 Å². The third kappa shape index (κ3) is 4.43. The van der Waals surface area contributed by atoms with E-state index in [0.29, 0.717) is 23.9 Å². The molecule has 0 unspecified atom stereocenters. The fraction of sp³-hybridized carbons (Fsp3) is 0.294. The number of phenolic OH excluding ortho intramolecular Hbond substituents is 1. The van der Waals surface area contributed by atoms with E-state index in [0.717, 1.165) is 6.07 Å². The summed E-state index contributed by atoms with van der Waals surface area (Å²) in [4.78, 5) is 17.2. The number of halogens is 5. The summed E-state index contributed by atoms with van der Waals surface area (Å²) in [6, 6.07) is 3.65. The number of aromatic hydroxyl groups is 1. The molecule has 11 heteroatoms. The quantitative estimate of drug-likeness (QED) is 0.752. The second-order valence-corrected chi connectivity index (χ2v) is 6.31. The molecule has 0 atom stereocenters. The normalized spacial score (nSPS) is 13.8. The number of ether oxygens (including phenoxy) is 1. The van der Waals surface area contributed by atoms with E-state index in [1.807, 2.05) is 0 Å². The van der Waals surface area contributed by atoms with Crippen molar-refractivity contribution in [1.29, 1.82) is 0 Å². The van der Waals surface area contributed by atoms with Crippen LogP contribution in [0.3, 0.4) is 0 Å². The number of phenols is 1. The molecule has 0 saturated carbocycles. The van der Waals surface area contributed by atoms with Gasteiger partial charge in [0, 0.05) is 23.9 Å². The second kappa shape index (κ2) is 8.42. The molecular weight excluding hydrogens is 422 g/mol. The van der Waals surface area contributed by atoms with E-state index in [2.05, 4.69) is 4.98 Å². The van der Waals surface area contributed by atoms with Gasteiger partial charge in [0.15, 0.2) is 11.5 Å². The van der Waals surface area contributed by atoms with Crippen LogP contribution in [0.25, 0.3) is 11.3 Å². The van der Waals surface area contributed by atoms with E-state index >= 15 is 0 Å². The summed E-state index contributed by atoms with van der Waals surface area (Å²) in [5.41, 5.74) is 5.27. The van der Waals surface area contributed by atoms with Crippen LogP contribution in [0.15, 0.2) is 24.4 Å². The predicted octanol–water partition coefficient (Wildman–Crippen LogP) is 3.23. The Kier molecular flexibility index (Phi) is 6.63. The third-order valence-electron chi connectivity index (χ3n) is 4.08. The monoisotopic (exact) mass is 437 g/mol. The first kappa shape index (κ1) is 22.1. The maximum absolute atomic E-state index is 12.8. The number of nitrogens with zero attached hydrogens (tertiary/aromatic N) is 2. The number of benzene rings is 1. The summed E-state index contributed by atoms with van der Waals surface area (Å²) >= 11 is 5.98. The lowest BCUT2D eigenvalue weighted by Crippen LogP contribution is -2.36. The van der Waals surface area contributed by atoms with Crippen molar-refractivity contribution in [3.63, 3.8) is 0 Å². The van der Waals surface area contributed by atoms with Crippen LogP contribution in [0, 0.1) is 0 Å². The summed E-state index contributed by atoms with van der Waals surface area (Å²) < 4.78 is 43.9. The lowest BCUT2D eigenvalue weighted by molar-refractivity contribution is -0.137.